The largest absolute Gasteiger partial charge is 0.308 e. The van der Waals surface area contributed by atoms with Gasteiger partial charge >= 0.3 is 0 Å². The SMILES string of the molecule is CCCNC(C)c1nnc(-c2cccc(I)c2)s1. The van der Waals surface area contributed by atoms with Gasteiger partial charge in [0.15, 0.2) is 0 Å². The molecule has 0 amide bonds. The Balaban J connectivity index is 2.15. The van der Waals surface area contributed by atoms with Gasteiger partial charge in [-0.05, 0) is 54.6 Å². The molecule has 0 aliphatic heterocycles. The topological polar surface area (TPSA) is 37.8 Å². The second kappa shape index (κ2) is 6.58. The molecule has 0 radical (unpaired) electrons. The van der Waals surface area contributed by atoms with Crippen LogP contribution in [-0.2, 0) is 0 Å². The summed E-state index contributed by atoms with van der Waals surface area (Å²) in [6.07, 6.45) is 1.13. The Kier molecular flexibility index (Phi) is 5.08. The van der Waals surface area contributed by atoms with Crippen LogP contribution in [0.15, 0.2) is 24.3 Å². The van der Waals surface area contributed by atoms with E-state index in [1.807, 2.05) is 0 Å². The van der Waals surface area contributed by atoms with Crippen molar-refractivity contribution in [1.82, 2.24) is 15.5 Å². The van der Waals surface area contributed by atoms with Crippen molar-refractivity contribution in [1.29, 1.82) is 0 Å². The molecule has 1 aromatic heterocycles. The Hall–Kier alpha value is -0.530. The van der Waals surface area contributed by atoms with Crippen molar-refractivity contribution in [3.05, 3.63) is 32.8 Å². The van der Waals surface area contributed by atoms with E-state index in [0.717, 1.165) is 28.5 Å². The lowest BCUT2D eigenvalue weighted by atomic mass is 10.2. The molecule has 0 fully saturated rings. The molecular weight excluding hydrogens is 357 g/mol. The highest BCUT2D eigenvalue weighted by Gasteiger charge is 2.12. The molecule has 0 saturated carbocycles. The summed E-state index contributed by atoms with van der Waals surface area (Å²) in [5.74, 6) is 0. The van der Waals surface area contributed by atoms with Crippen molar-refractivity contribution in [3.63, 3.8) is 0 Å². The number of hydrogen-bond acceptors (Lipinski definition) is 4. The minimum absolute atomic E-state index is 0.277. The van der Waals surface area contributed by atoms with Crippen LogP contribution < -0.4 is 5.32 Å². The molecule has 2 aromatic rings. The van der Waals surface area contributed by atoms with Crippen LogP contribution in [0.1, 0.15) is 31.3 Å². The smallest absolute Gasteiger partial charge is 0.147 e. The number of nitrogens with one attached hydrogen (secondary N) is 1. The van der Waals surface area contributed by atoms with Crippen LogP contribution in [0, 0.1) is 3.57 Å². The molecule has 18 heavy (non-hydrogen) atoms. The van der Waals surface area contributed by atoms with Crippen LogP contribution in [0.4, 0.5) is 0 Å². The summed E-state index contributed by atoms with van der Waals surface area (Å²) >= 11 is 3.98. The quantitative estimate of drug-likeness (QED) is 0.809. The molecule has 1 aromatic carbocycles. The van der Waals surface area contributed by atoms with E-state index in [1.165, 1.54) is 3.57 Å². The van der Waals surface area contributed by atoms with E-state index in [4.69, 9.17) is 0 Å². The van der Waals surface area contributed by atoms with Gasteiger partial charge in [0.2, 0.25) is 0 Å². The highest BCUT2D eigenvalue weighted by Crippen LogP contribution is 2.27. The minimum atomic E-state index is 0.277. The van der Waals surface area contributed by atoms with Crippen LogP contribution in [0.25, 0.3) is 10.6 Å². The molecule has 2 rings (SSSR count). The van der Waals surface area contributed by atoms with Crippen molar-refractivity contribution in [3.8, 4) is 10.6 Å². The maximum Gasteiger partial charge on any atom is 0.147 e. The summed E-state index contributed by atoms with van der Waals surface area (Å²) in [5, 5.41) is 14.0. The summed E-state index contributed by atoms with van der Waals surface area (Å²) in [6.45, 7) is 5.31. The van der Waals surface area contributed by atoms with Gasteiger partial charge in [-0.2, -0.15) is 0 Å². The number of benzene rings is 1. The maximum absolute atomic E-state index is 4.28. The molecule has 0 aliphatic rings. The third-order valence-electron chi connectivity index (χ3n) is 2.58. The fourth-order valence-electron chi connectivity index (χ4n) is 1.60. The molecule has 96 valence electrons. The Bertz CT molecular complexity index is 512. The van der Waals surface area contributed by atoms with E-state index in [2.05, 4.69) is 76.2 Å². The zero-order valence-corrected chi connectivity index (χ0v) is 13.5. The van der Waals surface area contributed by atoms with Gasteiger partial charge in [0, 0.05) is 9.13 Å². The Labute approximate surface area is 125 Å². The van der Waals surface area contributed by atoms with Gasteiger partial charge in [-0.25, -0.2) is 0 Å². The second-order valence-corrected chi connectivity index (χ2v) is 6.39. The molecule has 0 aliphatic carbocycles. The predicted molar refractivity (Wildman–Crippen MR) is 84.8 cm³/mol. The normalized spacial score (nSPS) is 12.6. The monoisotopic (exact) mass is 373 g/mol. The lowest BCUT2D eigenvalue weighted by molar-refractivity contribution is 0.564. The minimum Gasteiger partial charge on any atom is -0.308 e. The van der Waals surface area contributed by atoms with Crippen molar-refractivity contribution >= 4 is 33.9 Å². The Morgan fingerprint density at radius 2 is 2.22 bits per heavy atom. The van der Waals surface area contributed by atoms with Crippen LogP contribution in [-0.4, -0.2) is 16.7 Å². The first kappa shape index (κ1) is 13.9. The third-order valence-corrected chi connectivity index (χ3v) is 4.41. The Morgan fingerprint density at radius 3 is 2.94 bits per heavy atom. The first-order valence-corrected chi connectivity index (χ1v) is 7.93. The summed E-state index contributed by atoms with van der Waals surface area (Å²) in [7, 11) is 0. The highest BCUT2D eigenvalue weighted by molar-refractivity contribution is 14.1. The van der Waals surface area contributed by atoms with Crippen molar-refractivity contribution in [2.24, 2.45) is 0 Å². The van der Waals surface area contributed by atoms with Crippen molar-refractivity contribution < 1.29 is 0 Å². The number of rotatable bonds is 5. The maximum atomic E-state index is 4.28. The standard InChI is InChI=1S/C13H16IN3S/c1-3-7-15-9(2)12-16-17-13(18-12)10-5-4-6-11(14)8-10/h4-6,8-9,15H,3,7H2,1-2H3. The van der Waals surface area contributed by atoms with E-state index in [-0.39, 0.29) is 6.04 Å². The van der Waals surface area contributed by atoms with E-state index < -0.39 is 0 Å². The van der Waals surface area contributed by atoms with E-state index >= 15 is 0 Å². The Morgan fingerprint density at radius 1 is 1.39 bits per heavy atom. The van der Waals surface area contributed by atoms with Gasteiger partial charge in [-0.1, -0.05) is 30.4 Å². The molecular formula is C13H16IN3S. The summed E-state index contributed by atoms with van der Waals surface area (Å²) in [6, 6.07) is 8.62. The molecule has 1 unspecified atom stereocenters. The van der Waals surface area contributed by atoms with Crippen LogP contribution >= 0.6 is 33.9 Å². The van der Waals surface area contributed by atoms with Crippen LogP contribution in [0.5, 0.6) is 0 Å². The molecule has 1 atom stereocenters. The van der Waals surface area contributed by atoms with Crippen molar-refractivity contribution in [2.45, 2.75) is 26.3 Å². The molecule has 0 bridgehead atoms. The van der Waals surface area contributed by atoms with Gasteiger partial charge in [0.1, 0.15) is 10.0 Å². The van der Waals surface area contributed by atoms with E-state index in [1.54, 1.807) is 11.3 Å². The molecule has 3 nitrogen and oxygen atoms in total. The van der Waals surface area contributed by atoms with E-state index in [0.29, 0.717) is 0 Å². The number of halogens is 1. The fourth-order valence-corrected chi connectivity index (χ4v) is 3.01. The summed E-state index contributed by atoms with van der Waals surface area (Å²) in [4.78, 5) is 0. The summed E-state index contributed by atoms with van der Waals surface area (Å²) < 4.78 is 1.22. The molecule has 1 N–H and O–H groups in total. The molecule has 0 spiro atoms. The first-order chi connectivity index (χ1) is 8.70. The predicted octanol–water partition coefficient (Wildman–Crippen LogP) is 3.87. The number of nitrogens with zero attached hydrogens (tertiary/aromatic N) is 2. The van der Waals surface area contributed by atoms with Crippen LogP contribution in [0.3, 0.4) is 0 Å². The lowest BCUT2D eigenvalue weighted by Gasteiger charge is -2.08. The van der Waals surface area contributed by atoms with Gasteiger partial charge < -0.3 is 5.32 Å². The fraction of sp³-hybridized carbons (Fsp3) is 0.385. The van der Waals surface area contributed by atoms with E-state index in [9.17, 15) is 0 Å². The molecule has 1 heterocycles. The zero-order valence-electron chi connectivity index (χ0n) is 10.5. The highest BCUT2D eigenvalue weighted by atomic mass is 127. The first-order valence-electron chi connectivity index (χ1n) is 6.03. The van der Waals surface area contributed by atoms with Crippen LogP contribution in [0.2, 0.25) is 0 Å². The third kappa shape index (κ3) is 3.49. The zero-order chi connectivity index (χ0) is 13.0. The van der Waals surface area contributed by atoms with Gasteiger partial charge in [-0.3, -0.25) is 0 Å². The van der Waals surface area contributed by atoms with Gasteiger partial charge in [0.25, 0.3) is 0 Å². The van der Waals surface area contributed by atoms with Gasteiger partial charge in [-0.15, -0.1) is 10.2 Å². The lowest BCUT2D eigenvalue weighted by Crippen LogP contribution is -2.18. The molecule has 0 saturated heterocycles. The number of hydrogen-bond donors (Lipinski definition) is 1. The average Bonchev–Trinajstić information content (AvgIpc) is 2.85. The van der Waals surface area contributed by atoms with Gasteiger partial charge in [0.05, 0.1) is 6.04 Å². The average molecular weight is 373 g/mol. The second-order valence-electron chi connectivity index (χ2n) is 4.13. The summed E-state index contributed by atoms with van der Waals surface area (Å²) in [5.41, 5.74) is 1.15. The van der Waals surface area contributed by atoms with Crippen molar-refractivity contribution in [2.75, 3.05) is 6.54 Å². The number of aromatic nitrogens is 2. The molecule has 5 heteroatoms.